The summed E-state index contributed by atoms with van der Waals surface area (Å²) < 4.78 is 7.67. The lowest BCUT2D eigenvalue weighted by molar-refractivity contribution is 0.0524. The van der Waals surface area contributed by atoms with E-state index in [4.69, 9.17) is 4.74 Å². The van der Waals surface area contributed by atoms with Gasteiger partial charge in [-0.1, -0.05) is 6.07 Å². The van der Waals surface area contributed by atoms with Crippen molar-refractivity contribution >= 4 is 0 Å². The van der Waals surface area contributed by atoms with Gasteiger partial charge < -0.3 is 19.7 Å². The molecule has 0 aliphatic carbocycles. The second kappa shape index (κ2) is 8.06. The van der Waals surface area contributed by atoms with E-state index in [1.165, 1.54) is 4.57 Å². The number of aromatic nitrogens is 3. The number of pyridine rings is 1. The lowest BCUT2D eigenvalue weighted by atomic mass is 9.81. The van der Waals surface area contributed by atoms with E-state index in [1.807, 2.05) is 12.1 Å². The van der Waals surface area contributed by atoms with E-state index >= 15 is 0 Å². The Bertz CT molecular complexity index is 1170. The molecule has 1 aliphatic rings. The Morgan fingerprint density at radius 3 is 2.31 bits per heavy atom. The van der Waals surface area contributed by atoms with E-state index in [1.54, 1.807) is 43.6 Å². The van der Waals surface area contributed by atoms with E-state index in [0.717, 1.165) is 24.0 Å². The maximum absolute atomic E-state index is 12.0. The van der Waals surface area contributed by atoms with Crippen molar-refractivity contribution in [3.05, 3.63) is 59.0 Å². The Hall–Kier alpha value is -3.19. The van der Waals surface area contributed by atoms with Crippen LogP contribution in [-0.4, -0.2) is 37.1 Å². The minimum Gasteiger partial charge on any atom is -0.507 e. The first-order chi connectivity index (χ1) is 15.0. The van der Waals surface area contributed by atoms with Crippen LogP contribution in [-0.2, 0) is 7.05 Å². The largest absolute Gasteiger partial charge is 0.507 e. The van der Waals surface area contributed by atoms with E-state index in [0.29, 0.717) is 17.1 Å². The number of benzene rings is 1. The normalized spacial score (nSPS) is 17.8. The fourth-order valence-corrected chi connectivity index (χ4v) is 4.66. The molecule has 0 spiro atoms. The molecule has 0 bridgehead atoms. The summed E-state index contributed by atoms with van der Waals surface area (Å²) in [6.45, 7) is 8.71. The van der Waals surface area contributed by atoms with Crippen LogP contribution in [0.15, 0.2) is 53.5 Å². The van der Waals surface area contributed by atoms with Crippen LogP contribution in [0.25, 0.3) is 22.4 Å². The molecular formula is C25H30N4O3. The van der Waals surface area contributed by atoms with Gasteiger partial charge in [0.05, 0.1) is 5.69 Å². The van der Waals surface area contributed by atoms with Gasteiger partial charge in [-0.25, -0.2) is 0 Å². The van der Waals surface area contributed by atoms with Crippen LogP contribution in [0, 0.1) is 0 Å². The summed E-state index contributed by atoms with van der Waals surface area (Å²) in [7, 11) is 1.71. The average Bonchev–Trinajstić information content (AvgIpc) is 2.69. The Morgan fingerprint density at radius 2 is 1.69 bits per heavy atom. The summed E-state index contributed by atoms with van der Waals surface area (Å²) in [5, 5.41) is 22.6. The van der Waals surface area contributed by atoms with E-state index < -0.39 is 0 Å². The molecule has 168 valence electrons. The standard InChI is InChI=1S/C25H30N4O3/c1-24(2)14-18(15-25(3,4)28-24)32-22-9-7-20(26-27-22)19-12-16(6-8-21(19)30)17-10-11-29(5)23(31)13-17/h6-13,18,28,30H,14-15H2,1-5H3. The van der Waals surface area contributed by atoms with Crippen LogP contribution in [0.3, 0.4) is 0 Å². The van der Waals surface area contributed by atoms with Gasteiger partial charge in [0.1, 0.15) is 11.9 Å². The fourth-order valence-electron chi connectivity index (χ4n) is 4.66. The number of ether oxygens (including phenoxy) is 1. The molecule has 7 heteroatoms. The van der Waals surface area contributed by atoms with E-state index in [-0.39, 0.29) is 28.5 Å². The third-order valence-electron chi connectivity index (χ3n) is 5.79. The molecule has 7 nitrogen and oxygen atoms in total. The molecule has 3 aromatic rings. The predicted octanol–water partition coefficient (Wildman–Crippen LogP) is 3.90. The van der Waals surface area contributed by atoms with E-state index in [9.17, 15) is 9.90 Å². The molecular weight excluding hydrogens is 404 g/mol. The Morgan fingerprint density at radius 1 is 1.00 bits per heavy atom. The van der Waals surface area contributed by atoms with Crippen LogP contribution >= 0.6 is 0 Å². The molecule has 1 saturated heterocycles. The molecule has 0 amide bonds. The summed E-state index contributed by atoms with van der Waals surface area (Å²) in [6.07, 6.45) is 3.51. The summed E-state index contributed by atoms with van der Waals surface area (Å²) in [4.78, 5) is 12.0. The molecule has 1 aromatic carbocycles. The Kier molecular flexibility index (Phi) is 5.54. The maximum atomic E-state index is 12.0. The quantitative estimate of drug-likeness (QED) is 0.647. The molecule has 2 N–H and O–H groups in total. The minimum absolute atomic E-state index is 0.0234. The summed E-state index contributed by atoms with van der Waals surface area (Å²) in [5.41, 5.74) is 2.53. The highest BCUT2D eigenvalue weighted by Gasteiger charge is 2.38. The number of piperidine rings is 1. The van der Waals surface area contributed by atoms with Crippen LogP contribution in [0.5, 0.6) is 11.6 Å². The molecule has 0 radical (unpaired) electrons. The zero-order valence-corrected chi connectivity index (χ0v) is 19.2. The van der Waals surface area contributed by atoms with Gasteiger partial charge >= 0.3 is 0 Å². The zero-order valence-electron chi connectivity index (χ0n) is 19.2. The second-order valence-electron chi connectivity index (χ2n) is 9.89. The first-order valence-electron chi connectivity index (χ1n) is 10.8. The van der Waals surface area contributed by atoms with Crippen LogP contribution < -0.4 is 15.6 Å². The summed E-state index contributed by atoms with van der Waals surface area (Å²) >= 11 is 0. The number of rotatable bonds is 4. The molecule has 2 aromatic heterocycles. The highest BCUT2D eigenvalue weighted by Crippen LogP contribution is 2.34. The topological polar surface area (TPSA) is 89.3 Å². The first kappa shape index (κ1) is 22.0. The van der Waals surface area contributed by atoms with Crippen molar-refractivity contribution in [3.63, 3.8) is 0 Å². The van der Waals surface area contributed by atoms with Gasteiger partial charge in [0.25, 0.3) is 5.56 Å². The molecule has 4 rings (SSSR count). The lowest BCUT2D eigenvalue weighted by Gasteiger charge is -2.46. The third-order valence-corrected chi connectivity index (χ3v) is 5.79. The van der Waals surface area contributed by atoms with Crippen molar-refractivity contribution in [3.8, 4) is 34.0 Å². The first-order valence-corrected chi connectivity index (χ1v) is 10.8. The maximum Gasteiger partial charge on any atom is 0.250 e. The van der Waals surface area contributed by atoms with Crippen molar-refractivity contribution in [1.82, 2.24) is 20.1 Å². The lowest BCUT2D eigenvalue weighted by Crippen LogP contribution is -2.60. The van der Waals surface area contributed by atoms with Crippen molar-refractivity contribution < 1.29 is 9.84 Å². The molecule has 0 saturated carbocycles. The number of nitrogens with one attached hydrogen (secondary N) is 1. The average molecular weight is 435 g/mol. The van der Waals surface area contributed by atoms with E-state index in [2.05, 4.69) is 43.2 Å². The van der Waals surface area contributed by atoms with Gasteiger partial charge in [0.2, 0.25) is 5.88 Å². The Balaban J connectivity index is 1.56. The van der Waals surface area contributed by atoms with Gasteiger partial charge in [-0.3, -0.25) is 4.79 Å². The van der Waals surface area contributed by atoms with Crippen molar-refractivity contribution in [2.45, 2.75) is 57.7 Å². The van der Waals surface area contributed by atoms with Gasteiger partial charge in [-0.15, -0.1) is 10.2 Å². The number of phenolic OH excluding ortho intramolecular Hbond substituents is 1. The molecule has 3 heterocycles. The van der Waals surface area contributed by atoms with Crippen LogP contribution in [0.4, 0.5) is 0 Å². The summed E-state index contributed by atoms with van der Waals surface area (Å²) in [5.74, 6) is 0.567. The molecule has 0 unspecified atom stereocenters. The van der Waals surface area contributed by atoms with Gasteiger partial charge in [-0.2, -0.15) is 0 Å². The second-order valence-corrected chi connectivity index (χ2v) is 9.89. The summed E-state index contributed by atoms with van der Waals surface area (Å²) in [6, 6.07) is 12.2. The number of phenols is 1. The van der Waals surface area contributed by atoms with Gasteiger partial charge in [-0.05, 0) is 63.1 Å². The number of aryl methyl sites for hydroxylation is 1. The van der Waals surface area contributed by atoms with Crippen molar-refractivity contribution in [2.75, 3.05) is 0 Å². The third kappa shape index (κ3) is 4.83. The zero-order chi connectivity index (χ0) is 23.1. The minimum atomic E-state index is -0.0947. The van der Waals surface area contributed by atoms with Gasteiger partial charge in [0.15, 0.2) is 0 Å². The highest BCUT2D eigenvalue weighted by atomic mass is 16.5. The van der Waals surface area contributed by atoms with Crippen LogP contribution in [0.1, 0.15) is 40.5 Å². The molecule has 0 atom stereocenters. The van der Waals surface area contributed by atoms with Crippen molar-refractivity contribution in [1.29, 1.82) is 0 Å². The molecule has 32 heavy (non-hydrogen) atoms. The number of hydrogen-bond acceptors (Lipinski definition) is 6. The molecule has 1 aliphatic heterocycles. The fraction of sp³-hybridized carbons (Fsp3) is 0.400. The monoisotopic (exact) mass is 434 g/mol. The number of nitrogens with zero attached hydrogens (tertiary/aromatic N) is 3. The molecule has 1 fully saturated rings. The highest BCUT2D eigenvalue weighted by molar-refractivity contribution is 5.75. The predicted molar refractivity (Wildman–Crippen MR) is 125 cm³/mol. The number of aromatic hydroxyl groups is 1. The van der Waals surface area contributed by atoms with Gasteiger partial charge in [0, 0.05) is 54.9 Å². The van der Waals surface area contributed by atoms with Crippen LogP contribution in [0.2, 0.25) is 0 Å². The smallest absolute Gasteiger partial charge is 0.250 e. The van der Waals surface area contributed by atoms with Crippen molar-refractivity contribution in [2.24, 2.45) is 7.05 Å². The SMILES string of the molecule is Cn1ccc(-c2ccc(O)c(-c3ccc(OC4CC(C)(C)NC(C)(C)C4)nn3)c2)cc1=O. The number of hydrogen-bond donors (Lipinski definition) is 2. The Labute approximate surface area is 188 Å².